The molecule has 0 bridgehead atoms. The molecular formula is C22H22FNO6S. The summed E-state index contributed by atoms with van der Waals surface area (Å²) in [5.74, 6) is -2.50. The van der Waals surface area contributed by atoms with E-state index in [1.54, 1.807) is 31.2 Å². The maximum absolute atomic E-state index is 15.0. The number of para-hydroxylation sites is 1. The summed E-state index contributed by atoms with van der Waals surface area (Å²) in [6.45, 7) is 3.90. The molecule has 0 saturated heterocycles. The molecule has 1 aliphatic rings. The summed E-state index contributed by atoms with van der Waals surface area (Å²) in [6.07, 6.45) is 0. The van der Waals surface area contributed by atoms with Gasteiger partial charge in [-0.3, -0.25) is 4.79 Å². The predicted octanol–water partition coefficient (Wildman–Crippen LogP) is 3.45. The lowest BCUT2D eigenvalue weighted by Crippen LogP contribution is -2.34. The third-order valence-electron chi connectivity index (χ3n) is 4.74. The van der Waals surface area contributed by atoms with Gasteiger partial charge in [0.25, 0.3) is 0 Å². The smallest absolute Gasteiger partial charge is 0.338 e. The number of aryl methyl sites for hydroxylation is 1. The molecule has 1 unspecified atom stereocenters. The number of nitrogens with zero attached hydrogens (tertiary/aromatic N) is 1. The van der Waals surface area contributed by atoms with E-state index in [4.69, 9.17) is 9.47 Å². The van der Waals surface area contributed by atoms with Crippen LogP contribution in [0.15, 0.2) is 64.8 Å². The van der Waals surface area contributed by atoms with Crippen LogP contribution in [0.4, 0.5) is 4.39 Å². The second-order valence-corrected chi connectivity index (χ2v) is 8.83. The molecule has 3 rings (SSSR count). The Balaban J connectivity index is 2.18. The molecule has 0 aromatic heterocycles. The SMILES string of the molecule is CCOC(=O)C1=C(F)CN(S(=O)(=O)c2ccc(C)cc2)C1c1ccccc1OC(C)=O. The van der Waals surface area contributed by atoms with Crippen LogP contribution in [0.1, 0.15) is 31.0 Å². The van der Waals surface area contributed by atoms with Crippen LogP contribution >= 0.6 is 0 Å². The number of benzene rings is 2. The molecule has 0 aliphatic carbocycles. The topological polar surface area (TPSA) is 90.0 Å². The van der Waals surface area contributed by atoms with Crippen LogP contribution in [0.3, 0.4) is 0 Å². The first kappa shape index (κ1) is 22.6. The third kappa shape index (κ3) is 4.52. The molecule has 9 heteroatoms. The maximum Gasteiger partial charge on any atom is 0.338 e. The van der Waals surface area contributed by atoms with Gasteiger partial charge in [0.1, 0.15) is 11.6 Å². The van der Waals surface area contributed by atoms with Crippen molar-refractivity contribution in [1.29, 1.82) is 0 Å². The van der Waals surface area contributed by atoms with Crippen molar-refractivity contribution in [3.63, 3.8) is 0 Å². The van der Waals surface area contributed by atoms with Gasteiger partial charge in [-0.05, 0) is 32.0 Å². The van der Waals surface area contributed by atoms with Crippen molar-refractivity contribution in [3.8, 4) is 5.75 Å². The molecule has 0 fully saturated rings. The Labute approximate surface area is 180 Å². The molecule has 31 heavy (non-hydrogen) atoms. The monoisotopic (exact) mass is 447 g/mol. The van der Waals surface area contributed by atoms with Crippen molar-refractivity contribution in [2.24, 2.45) is 0 Å². The van der Waals surface area contributed by atoms with E-state index < -0.39 is 45.9 Å². The van der Waals surface area contributed by atoms with Gasteiger partial charge in [-0.1, -0.05) is 35.9 Å². The number of sulfonamides is 1. The number of esters is 2. The average Bonchev–Trinajstić information content (AvgIpc) is 3.06. The van der Waals surface area contributed by atoms with E-state index >= 15 is 4.39 Å². The lowest BCUT2D eigenvalue weighted by Gasteiger charge is -2.27. The fourth-order valence-corrected chi connectivity index (χ4v) is 4.90. The van der Waals surface area contributed by atoms with Gasteiger partial charge in [0.15, 0.2) is 0 Å². The number of hydrogen-bond acceptors (Lipinski definition) is 6. The summed E-state index contributed by atoms with van der Waals surface area (Å²) in [7, 11) is -4.21. The zero-order valence-electron chi connectivity index (χ0n) is 17.3. The second-order valence-electron chi connectivity index (χ2n) is 6.94. The Morgan fingerprint density at radius 3 is 2.39 bits per heavy atom. The Bertz CT molecular complexity index is 1140. The highest BCUT2D eigenvalue weighted by atomic mass is 32.2. The van der Waals surface area contributed by atoms with E-state index in [0.29, 0.717) is 0 Å². The summed E-state index contributed by atoms with van der Waals surface area (Å²) in [6, 6.07) is 10.8. The number of carbonyl (C=O) groups excluding carboxylic acids is 2. The van der Waals surface area contributed by atoms with Crippen LogP contribution in [-0.2, 0) is 24.3 Å². The predicted molar refractivity (Wildman–Crippen MR) is 110 cm³/mol. The fourth-order valence-electron chi connectivity index (χ4n) is 3.37. The van der Waals surface area contributed by atoms with Crippen LogP contribution in [0.5, 0.6) is 5.75 Å². The molecule has 0 N–H and O–H groups in total. The van der Waals surface area contributed by atoms with Crippen molar-refractivity contribution in [3.05, 3.63) is 71.1 Å². The zero-order chi connectivity index (χ0) is 22.8. The average molecular weight is 447 g/mol. The summed E-state index contributed by atoms with van der Waals surface area (Å²) in [5.41, 5.74) is 0.579. The molecule has 1 heterocycles. The van der Waals surface area contributed by atoms with Crippen molar-refractivity contribution in [2.45, 2.75) is 31.7 Å². The van der Waals surface area contributed by atoms with E-state index in [1.807, 2.05) is 6.92 Å². The van der Waals surface area contributed by atoms with Crippen LogP contribution in [-0.4, -0.2) is 37.8 Å². The quantitative estimate of drug-likeness (QED) is 0.498. The lowest BCUT2D eigenvalue weighted by atomic mass is 9.99. The van der Waals surface area contributed by atoms with E-state index in [2.05, 4.69) is 0 Å². The molecule has 1 atom stereocenters. The van der Waals surface area contributed by atoms with E-state index in [0.717, 1.165) is 9.87 Å². The standard InChI is InChI=1S/C22H22FNO6S/c1-4-29-22(26)20-18(23)13-24(31(27,28)16-11-9-14(2)10-12-16)21(20)17-7-5-6-8-19(17)30-15(3)25/h5-12,21H,4,13H2,1-3H3. The molecule has 164 valence electrons. The number of rotatable bonds is 6. The number of ether oxygens (including phenoxy) is 2. The Kier molecular flexibility index (Phi) is 6.56. The molecule has 1 aliphatic heterocycles. The van der Waals surface area contributed by atoms with Crippen LogP contribution in [0, 0.1) is 6.92 Å². The number of carbonyl (C=O) groups is 2. The van der Waals surface area contributed by atoms with E-state index in [9.17, 15) is 18.0 Å². The minimum Gasteiger partial charge on any atom is -0.463 e. The highest BCUT2D eigenvalue weighted by molar-refractivity contribution is 7.89. The van der Waals surface area contributed by atoms with Gasteiger partial charge in [-0.2, -0.15) is 4.31 Å². The van der Waals surface area contributed by atoms with Crippen LogP contribution in [0.2, 0.25) is 0 Å². The van der Waals surface area contributed by atoms with Crippen molar-refractivity contribution < 1.29 is 31.9 Å². The van der Waals surface area contributed by atoms with Gasteiger partial charge in [-0.15, -0.1) is 0 Å². The first-order valence-corrected chi connectivity index (χ1v) is 11.0. The van der Waals surface area contributed by atoms with Crippen LogP contribution < -0.4 is 4.74 Å². The van der Waals surface area contributed by atoms with Crippen molar-refractivity contribution >= 4 is 22.0 Å². The summed E-state index contributed by atoms with van der Waals surface area (Å²) in [4.78, 5) is 24.1. The molecule has 2 aromatic carbocycles. The largest absolute Gasteiger partial charge is 0.463 e. The lowest BCUT2D eigenvalue weighted by molar-refractivity contribution is -0.139. The number of halogens is 1. The van der Waals surface area contributed by atoms with E-state index in [-0.39, 0.29) is 22.8 Å². The minimum atomic E-state index is -4.21. The molecule has 7 nitrogen and oxygen atoms in total. The highest BCUT2D eigenvalue weighted by Crippen LogP contribution is 2.44. The first-order chi connectivity index (χ1) is 14.7. The molecular weight excluding hydrogens is 425 g/mol. The summed E-state index contributed by atoms with van der Waals surface area (Å²) >= 11 is 0. The minimum absolute atomic E-state index is 0.0152. The molecule has 0 spiro atoms. The summed E-state index contributed by atoms with van der Waals surface area (Å²) in [5, 5.41) is 0. The third-order valence-corrected chi connectivity index (χ3v) is 6.56. The Morgan fingerprint density at radius 1 is 1.13 bits per heavy atom. The van der Waals surface area contributed by atoms with Crippen molar-refractivity contribution in [2.75, 3.05) is 13.2 Å². The normalized spacial score (nSPS) is 17.0. The zero-order valence-corrected chi connectivity index (χ0v) is 18.1. The van der Waals surface area contributed by atoms with E-state index in [1.165, 1.54) is 31.2 Å². The number of hydrogen-bond donors (Lipinski definition) is 0. The molecule has 0 saturated carbocycles. The molecule has 0 radical (unpaired) electrons. The second kappa shape index (κ2) is 8.99. The highest BCUT2D eigenvalue weighted by Gasteiger charge is 2.46. The summed E-state index contributed by atoms with van der Waals surface area (Å²) < 4.78 is 52.9. The molecule has 0 amide bonds. The van der Waals surface area contributed by atoms with Gasteiger partial charge in [0.05, 0.1) is 29.7 Å². The maximum atomic E-state index is 15.0. The van der Waals surface area contributed by atoms with Gasteiger partial charge in [0, 0.05) is 12.5 Å². The van der Waals surface area contributed by atoms with Crippen LogP contribution in [0.25, 0.3) is 0 Å². The van der Waals surface area contributed by atoms with Crippen molar-refractivity contribution in [1.82, 2.24) is 4.31 Å². The van der Waals surface area contributed by atoms with Gasteiger partial charge < -0.3 is 9.47 Å². The van der Waals surface area contributed by atoms with Gasteiger partial charge >= 0.3 is 11.9 Å². The Morgan fingerprint density at radius 2 is 1.77 bits per heavy atom. The Hall–Kier alpha value is -3.04. The molecule has 2 aromatic rings. The first-order valence-electron chi connectivity index (χ1n) is 9.58. The fraction of sp³-hybridized carbons (Fsp3) is 0.273. The van der Waals surface area contributed by atoms with Gasteiger partial charge in [-0.25, -0.2) is 17.6 Å². The van der Waals surface area contributed by atoms with Gasteiger partial charge in [0.2, 0.25) is 10.0 Å².